The first kappa shape index (κ1) is 42.5. The molecule has 2 heterocycles. The van der Waals surface area contributed by atoms with E-state index in [1.807, 2.05) is 0 Å². The molecular weight excluding hydrogens is 689 g/mol. The van der Waals surface area contributed by atoms with Gasteiger partial charge in [0.25, 0.3) is 0 Å². The zero-order chi connectivity index (χ0) is 37.1. The number of hydrogen-bond donors (Lipinski definition) is 3. The topological polar surface area (TPSA) is 83.5 Å². The van der Waals surface area contributed by atoms with Crippen molar-refractivity contribution in [1.82, 2.24) is 15.1 Å². The molecule has 0 spiro atoms. The van der Waals surface area contributed by atoms with Crippen molar-refractivity contribution in [3.05, 3.63) is 48.0 Å². The smallest absolute Gasteiger partial charge is 0.306 e. The molecule has 2 aliphatic rings. The molecule has 5 unspecified atom stereocenters. The summed E-state index contributed by atoms with van der Waals surface area (Å²) in [6, 6.07) is 15.7. The summed E-state index contributed by atoms with van der Waals surface area (Å²) in [4.78, 5) is 36.3. The first-order chi connectivity index (χ1) is 25.4. The lowest BCUT2D eigenvalue weighted by molar-refractivity contribution is -0.151. The van der Waals surface area contributed by atoms with Crippen molar-refractivity contribution in [3.8, 4) is 0 Å². The van der Waals surface area contributed by atoms with Gasteiger partial charge in [-0.1, -0.05) is 113 Å². The second-order valence-corrected chi connectivity index (χ2v) is 15.6. The Bertz CT molecular complexity index is 1390. The maximum atomic E-state index is 13.5. The number of nitrogens with zero attached hydrogens (tertiary/aromatic N) is 3. The van der Waals surface area contributed by atoms with Gasteiger partial charge in [0, 0.05) is 55.9 Å². The highest BCUT2D eigenvalue weighted by Gasteiger charge is 2.55. The molecule has 5 atom stereocenters. The highest BCUT2D eigenvalue weighted by molar-refractivity contribution is 7.80. The number of thiol groups is 2. The van der Waals surface area contributed by atoms with Crippen molar-refractivity contribution in [2.45, 2.75) is 128 Å². The fourth-order valence-corrected chi connectivity index (χ4v) is 9.03. The van der Waals surface area contributed by atoms with E-state index in [0.29, 0.717) is 31.0 Å². The molecule has 10 heteroatoms. The second kappa shape index (κ2) is 23.5. The van der Waals surface area contributed by atoms with Crippen LogP contribution < -0.4 is 5.32 Å². The van der Waals surface area contributed by atoms with Crippen molar-refractivity contribution in [1.29, 1.82) is 0 Å². The van der Waals surface area contributed by atoms with E-state index in [-0.39, 0.29) is 41.9 Å². The van der Waals surface area contributed by atoms with Crippen LogP contribution in [0, 0.1) is 5.92 Å². The van der Waals surface area contributed by atoms with Crippen LogP contribution in [-0.4, -0.2) is 96.9 Å². The van der Waals surface area contributed by atoms with Gasteiger partial charge in [0.05, 0.1) is 18.3 Å². The molecule has 2 fully saturated rings. The SMILES string of the molecule is CCCCCCCCCCCC(=O)OC1CC2CC(c3ccc4ccccc4c3)C(C(CC)=NOC)C1N2CCCN(CCS)CC(=O)NCCS. The number of nitrogens with one attached hydrogen (secondary N) is 1. The predicted octanol–water partition coefficient (Wildman–Crippen LogP) is 8.30. The summed E-state index contributed by atoms with van der Waals surface area (Å²) in [7, 11) is 1.63. The van der Waals surface area contributed by atoms with Crippen LogP contribution in [-0.2, 0) is 19.2 Å². The number of ether oxygens (including phenoxy) is 1. The van der Waals surface area contributed by atoms with Crippen LogP contribution in [0.2, 0.25) is 0 Å². The number of piperidine rings is 1. The van der Waals surface area contributed by atoms with E-state index < -0.39 is 0 Å². The second-order valence-electron chi connectivity index (χ2n) is 14.7. The molecule has 8 nitrogen and oxygen atoms in total. The van der Waals surface area contributed by atoms with Crippen LogP contribution in [0.3, 0.4) is 0 Å². The van der Waals surface area contributed by atoms with Gasteiger partial charge in [-0.2, -0.15) is 25.3 Å². The number of oxime groups is 1. The van der Waals surface area contributed by atoms with Crippen LogP contribution in [0.25, 0.3) is 10.8 Å². The molecule has 2 saturated heterocycles. The number of benzene rings is 2. The Balaban J connectivity index is 1.51. The van der Waals surface area contributed by atoms with Gasteiger partial charge in [0.1, 0.15) is 13.2 Å². The van der Waals surface area contributed by atoms with Gasteiger partial charge in [-0.25, -0.2) is 0 Å². The molecule has 290 valence electrons. The zero-order valence-electron chi connectivity index (χ0n) is 32.1. The Labute approximate surface area is 325 Å². The molecular formula is C42H66N4O4S2. The van der Waals surface area contributed by atoms with E-state index in [4.69, 9.17) is 9.57 Å². The van der Waals surface area contributed by atoms with Crippen molar-refractivity contribution in [2.75, 3.05) is 51.3 Å². The van der Waals surface area contributed by atoms with Gasteiger partial charge in [0.2, 0.25) is 5.91 Å². The van der Waals surface area contributed by atoms with Gasteiger partial charge >= 0.3 is 5.97 Å². The Morgan fingerprint density at radius 3 is 2.33 bits per heavy atom. The molecule has 1 amide bonds. The summed E-state index contributed by atoms with van der Waals surface area (Å²) >= 11 is 8.70. The minimum atomic E-state index is -0.208. The fraction of sp³-hybridized carbons (Fsp3) is 0.690. The molecule has 2 aromatic rings. The normalized spacial score (nSPS) is 21.9. The molecule has 2 bridgehead atoms. The monoisotopic (exact) mass is 754 g/mol. The average Bonchev–Trinajstić information content (AvgIpc) is 3.37. The quantitative estimate of drug-likeness (QED) is 0.0311. The maximum absolute atomic E-state index is 13.5. The lowest BCUT2D eigenvalue weighted by atomic mass is 9.72. The van der Waals surface area contributed by atoms with Crippen LogP contribution in [0.5, 0.6) is 0 Å². The van der Waals surface area contributed by atoms with Crippen LogP contribution in [0.4, 0.5) is 0 Å². The van der Waals surface area contributed by atoms with E-state index in [1.54, 1.807) is 7.11 Å². The number of carbonyl (C=O) groups excluding carboxylic acids is 2. The summed E-state index contributed by atoms with van der Waals surface area (Å²) in [5.41, 5.74) is 2.33. The van der Waals surface area contributed by atoms with Crippen molar-refractivity contribution in [3.63, 3.8) is 0 Å². The van der Waals surface area contributed by atoms with Crippen molar-refractivity contribution in [2.24, 2.45) is 11.1 Å². The van der Waals surface area contributed by atoms with E-state index >= 15 is 0 Å². The molecule has 0 aliphatic carbocycles. The molecule has 0 radical (unpaired) electrons. The Morgan fingerprint density at radius 1 is 0.904 bits per heavy atom. The number of carbonyl (C=O) groups is 2. The number of esters is 1. The molecule has 4 rings (SSSR count). The third-order valence-electron chi connectivity index (χ3n) is 11.1. The third-order valence-corrected chi connectivity index (χ3v) is 11.5. The van der Waals surface area contributed by atoms with E-state index in [2.05, 4.69) is 102 Å². The predicted molar refractivity (Wildman–Crippen MR) is 222 cm³/mol. The van der Waals surface area contributed by atoms with Gasteiger partial charge in [-0.15, -0.1) is 0 Å². The van der Waals surface area contributed by atoms with Crippen LogP contribution in [0.1, 0.15) is 115 Å². The fourth-order valence-electron chi connectivity index (χ4n) is 8.64. The summed E-state index contributed by atoms with van der Waals surface area (Å²) in [6.45, 7) is 7.72. The maximum Gasteiger partial charge on any atom is 0.306 e. The molecule has 2 aliphatic heterocycles. The number of fused-ring (bicyclic) bond motifs is 3. The minimum Gasteiger partial charge on any atom is -0.461 e. The zero-order valence-corrected chi connectivity index (χ0v) is 33.9. The molecule has 0 aromatic heterocycles. The van der Waals surface area contributed by atoms with E-state index in [9.17, 15) is 9.59 Å². The van der Waals surface area contributed by atoms with Crippen LogP contribution in [0.15, 0.2) is 47.6 Å². The molecule has 2 aromatic carbocycles. The third kappa shape index (κ3) is 12.7. The summed E-state index contributed by atoms with van der Waals surface area (Å²) in [5, 5.41) is 10.1. The summed E-state index contributed by atoms with van der Waals surface area (Å²) < 4.78 is 6.49. The van der Waals surface area contributed by atoms with Gasteiger partial charge in [-0.05, 0) is 54.5 Å². The molecule has 52 heavy (non-hydrogen) atoms. The highest BCUT2D eigenvalue weighted by Crippen LogP contribution is 2.49. The highest BCUT2D eigenvalue weighted by atomic mass is 32.1. The van der Waals surface area contributed by atoms with Crippen LogP contribution >= 0.6 is 25.3 Å². The molecule has 1 N–H and O–H groups in total. The Hall–Kier alpha value is -2.27. The standard InChI is InChI=1S/C42H66N4O4S2/c1-4-6-7-8-9-10-11-12-13-19-40(48)50-38-30-35-29-36(34-21-20-32-17-14-15-18-33(32)28-34)41(37(5-2)44-49-3)42(38)46(35)24-16-23-45(25-27-52)31-39(47)43-22-26-51/h14-15,17-18,20-21,28,35-36,38,41-42,51-52H,4-13,16,19,22-27,29-31H2,1-3H3,(H,43,47). The van der Waals surface area contributed by atoms with E-state index in [0.717, 1.165) is 63.9 Å². The van der Waals surface area contributed by atoms with Gasteiger partial charge in [-0.3, -0.25) is 19.4 Å². The minimum absolute atomic E-state index is 0.00634. The number of rotatable bonds is 25. The first-order valence-corrected chi connectivity index (χ1v) is 21.4. The van der Waals surface area contributed by atoms with Crippen molar-refractivity contribution >= 4 is 53.6 Å². The average molecular weight is 755 g/mol. The van der Waals surface area contributed by atoms with Gasteiger partial charge in [0.15, 0.2) is 0 Å². The van der Waals surface area contributed by atoms with Crippen molar-refractivity contribution < 1.29 is 19.2 Å². The first-order valence-electron chi connectivity index (χ1n) is 20.2. The van der Waals surface area contributed by atoms with E-state index in [1.165, 1.54) is 61.3 Å². The molecule has 0 saturated carbocycles. The summed E-state index contributed by atoms with van der Waals surface area (Å²) in [5.74, 6) is 1.52. The largest absolute Gasteiger partial charge is 0.461 e. The Kier molecular flexibility index (Phi) is 19.2. The summed E-state index contributed by atoms with van der Waals surface area (Å²) in [6.07, 6.45) is 14.7. The number of amides is 1. The Morgan fingerprint density at radius 2 is 1.63 bits per heavy atom. The number of hydrogen-bond acceptors (Lipinski definition) is 9. The lowest BCUT2D eigenvalue weighted by Crippen LogP contribution is -2.54. The number of unbranched alkanes of at least 4 members (excludes halogenated alkanes) is 8. The van der Waals surface area contributed by atoms with Gasteiger partial charge < -0.3 is 14.9 Å². The lowest BCUT2D eigenvalue weighted by Gasteiger charge is -2.46.